The zero-order valence-electron chi connectivity index (χ0n) is 30.0. The van der Waals surface area contributed by atoms with Crippen molar-refractivity contribution in [2.24, 2.45) is 35.5 Å². The molecule has 2 aromatic carbocycles. The molecule has 46 heavy (non-hydrogen) atoms. The fourth-order valence-electron chi connectivity index (χ4n) is 6.88. The highest BCUT2D eigenvalue weighted by atomic mass is 16.5. The van der Waals surface area contributed by atoms with E-state index in [0.29, 0.717) is 35.5 Å². The second kappa shape index (κ2) is 18.0. The summed E-state index contributed by atoms with van der Waals surface area (Å²) >= 11 is 0. The summed E-state index contributed by atoms with van der Waals surface area (Å²) in [7, 11) is 1.72. The zero-order valence-corrected chi connectivity index (χ0v) is 30.0. The van der Waals surface area contributed by atoms with E-state index >= 15 is 0 Å². The number of nitrogens with one attached hydrogen (secondary N) is 2. The van der Waals surface area contributed by atoms with Gasteiger partial charge >= 0.3 is 0 Å². The smallest absolute Gasteiger partial charge is 0.121 e. The Kier molecular flexibility index (Phi) is 14.5. The maximum Gasteiger partial charge on any atom is 0.121 e. The summed E-state index contributed by atoms with van der Waals surface area (Å²) in [5.74, 6) is 3.88. The van der Waals surface area contributed by atoms with Gasteiger partial charge in [0.15, 0.2) is 0 Å². The molecule has 6 atom stereocenters. The average Bonchev–Trinajstić information content (AvgIpc) is 3.01. The lowest BCUT2D eigenvalue weighted by molar-refractivity contribution is 0.251. The highest BCUT2D eigenvalue weighted by molar-refractivity contribution is 5.37. The van der Waals surface area contributed by atoms with Crippen LogP contribution in [0, 0.1) is 42.4 Å². The highest BCUT2D eigenvalue weighted by Gasteiger charge is 2.27. The molecule has 250 valence electrons. The van der Waals surface area contributed by atoms with E-state index in [1.807, 2.05) is 0 Å². The molecule has 0 saturated heterocycles. The molecule has 0 radical (unpaired) electrons. The van der Waals surface area contributed by atoms with Crippen LogP contribution in [0.25, 0.3) is 0 Å². The fraction of sp³-hybridized carbons (Fsp3) is 0.488. The SMILES string of the molecule is C=C1/C=C/C[C@@H](C(C)[C@H](C)Cc2ccccc2)CC(=C)C(CC(C)C)CC(=C)C(C)CNC(=C)[C@@H](Cc2ccc(OC)c(C)c2)N1. The molecule has 3 rings (SSSR count). The Bertz CT molecular complexity index is 1340. The van der Waals surface area contributed by atoms with Crippen LogP contribution in [0.5, 0.6) is 5.75 Å². The molecular weight excluding hydrogens is 560 g/mol. The number of benzene rings is 2. The Balaban J connectivity index is 1.89. The summed E-state index contributed by atoms with van der Waals surface area (Å²) in [5, 5.41) is 7.36. The van der Waals surface area contributed by atoms with E-state index in [1.165, 1.54) is 22.3 Å². The predicted molar refractivity (Wildman–Crippen MR) is 200 cm³/mol. The van der Waals surface area contributed by atoms with Crippen LogP contribution in [0.3, 0.4) is 0 Å². The summed E-state index contributed by atoms with van der Waals surface area (Å²) in [4.78, 5) is 0. The van der Waals surface area contributed by atoms with Crippen molar-refractivity contribution in [1.29, 1.82) is 0 Å². The van der Waals surface area contributed by atoms with E-state index < -0.39 is 0 Å². The van der Waals surface area contributed by atoms with Crippen LogP contribution >= 0.6 is 0 Å². The topological polar surface area (TPSA) is 33.3 Å². The van der Waals surface area contributed by atoms with Crippen LogP contribution < -0.4 is 15.4 Å². The molecule has 3 heteroatoms. The Morgan fingerprint density at radius 1 is 0.913 bits per heavy atom. The molecule has 1 aliphatic rings. The second-order valence-corrected chi connectivity index (χ2v) is 14.5. The molecule has 0 saturated carbocycles. The van der Waals surface area contributed by atoms with Gasteiger partial charge in [0.05, 0.1) is 13.2 Å². The van der Waals surface area contributed by atoms with Crippen LogP contribution in [0.2, 0.25) is 0 Å². The molecule has 0 aromatic heterocycles. The highest BCUT2D eigenvalue weighted by Crippen LogP contribution is 2.37. The molecular formula is C43H62N2O. The predicted octanol–water partition coefficient (Wildman–Crippen LogP) is 10.4. The second-order valence-electron chi connectivity index (χ2n) is 14.5. The van der Waals surface area contributed by atoms with E-state index in [0.717, 1.165) is 67.8 Å². The van der Waals surface area contributed by atoms with Crippen LogP contribution in [0.4, 0.5) is 0 Å². The molecule has 3 unspecified atom stereocenters. The molecule has 0 bridgehead atoms. The first kappa shape index (κ1) is 37.0. The van der Waals surface area contributed by atoms with Gasteiger partial charge in [-0.3, -0.25) is 0 Å². The van der Waals surface area contributed by atoms with E-state index in [2.05, 4.69) is 133 Å². The number of rotatable bonds is 9. The molecule has 3 nitrogen and oxygen atoms in total. The molecule has 0 aliphatic carbocycles. The Hall–Kier alpha value is -3.46. The van der Waals surface area contributed by atoms with Crippen LogP contribution in [-0.2, 0) is 12.8 Å². The van der Waals surface area contributed by atoms with Gasteiger partial charge < -0.3 is 15.4 Å². The van der Waals surface area contributed by atoms with Crippen molar-refractivity contribution in [3.8, 4) is 5.75 Å². The first-order valence-electron chi connectivity index (χ1n) is 17.4. The molecule has 0 spiro atoms. The van der Waals surface area contributed by atoms with Crippen molar-refractivity contribution in [2.75, 3.05) is 13.7 Å². The van der Waals surface area contributed by atoms with Gasteiger partial charge in [0.25, 0.3) is 0 Å². The van der Waals surface area contributed by atoms with Crippen molar-refractivity contribution in [3.63, 3.8) is 0 Å². The summed E-state index contributed by atoms with van der Waals surface area (Å²) < 4.78 is 5.51. The Morgan fingerprint density at radius 3 is 2.28 bits per heavy atom. The maximum atomic E-state index is 5.51. The van der Waals surface area contributed by atoms with E-state index in [9.17, 15) is 0 Å². The summed E-state index contributed by atoms with van der Waals surface area (Å²) in [6, 6.07) is 17.3. The first-order valence-corrected chi connectivity index (χ1v) is 17.4. The van der Waals surface area contributed by atoms with Gasteiger partial charge in [-0.1, -0.05) is 121 Å². The maximum absolute atomic E-state index is 5.51. The van der Waals surface area contributed by atoms with Crippen molar-refractivity contribution in [2.45, 2.75) is 86.1 Å². The molecule has 2 N–H and O–H groups in total. The molecule has 0 fully saturated rings. The van der Waals surface area contributed by atoms with Gasteiger partial charge in [0.1, 0.15) is 5.75 Å². The first-order chi connectivity index (χ1) is 21.9. The Morgan fingerprint density at radius 2 is 1.63 bits per heavy atom. The normalized spacial score (nSPS) is 24.2. The summed E-state index contributed by atoms with van der Waals surface area (Å²) in [6.45, 7) is 33.0. The van der Waals surface area contributed by atoms with Gasteiger partial charge in [-0.05, 0) is 110 Å². The summed E-state index contributed by atoms with van der Waals surface area (Å²) in [6.07, 6.45) is 10.6. The van der Waals surface area contributed by atoms with Gasteiger partial charge in [0, 0.05) is 17.9 Å². The monoisotopic (exact) mass is 622 g/mol. The molecule has 1 aliphatic heterocycles. The van der Waals surface area contributed by atoms with Gasteiger partial charge in [-0.25, -0.2) is 0 Å². The summed E-state index contributed by atoms with van der Waals surface area (Å²) in [5.41, 5.74) is 8.34. The third-order valence-corrected chi connectivity index (χ3v) is 10.2. The van der Waals surface area contributed by atoms with Crippen LogP contribution in [0.15, 0.2) is 110 Å². The van der Waals surface area contributed by atoms with Gasteiger partial charge in [-0.15, -0.1) is 0 Å². The lowest BCUT2D eigenvalue weighted by Gasteiger charge is -2.33. The Labute approximate surface area is 282 Å². The fourth-order valence-corrected chi connectivity index (χ4v) is 6.88. The van der Waals surface area contributed by atoms with Gasteiger partial charge in [0.2, 0.25) is 0 Å². The minimum atomic E-state index is -0.00704. The van der Waals surface area contributed by atoms with Crippen LogP contribution in [-0.4, -0.2) is 19.7 Å². The minimum absolute atomic E-state index is 0.00704. The number of ether oxygens (including phenoxy) is 1. The van der Waals surface area contributed by atoms with E-state index in [1.54, 1.807) is 7.11 Å². The van der Waals surface area contributed by atoms with E-state index in [-0.39, 0.29) is 6.04 Å². The van der Waals surface area contributed by atoms with Crippen LogP contribution in [0.1, 0.15) is 77.0 Å². The van der Waals surface area contributed by atoms with Crippen molar-refractivity contribution in [1.82, 2.24) is 10.6 Å². The quantitative estimate of drug-likeness (QED) is 0.273. The van der Waals surface area contributed by atoms with Crippen molar-refractivity contribution in [3.05, 3.63) is 126 Å². The third kappa shape index (κ3) is 11.4. The lowest BCUT2D eigenvalue weighted by atomic mass is 9.73. The van der Waals surface area contributed by atoms with E-state index in [4.69, 9.17) is 11.3 Å². The lowest BCUT2D eigenvalue weighted by Crippen LogP contribution is -2.38. The van der Waals surface area contributed by atoms with Crippen molar-refractivity contribution < 1.29 is 4.74 Å². The number of aryl methyl sites for hydroxylation is 1. The zero-order chi connectivity index (χ0) is 33.8. The van der Waals surface area contributed by atoms with Crippen molar-refractivity contribution >= 4 is 0 Å². The number of hydrogen-bond donors (Lipinski definition) is 2. The largest absolute Gasteiger partial charge is 0.496 e. The standard InChI is InChI=1S/C43H62N2O/c1-29(2)22-41-25-30(3)34(7)28-44-37(10)42(27-39-20-21-43(46-11)33(6)24-39)45-35(8)16-15-19-40(26-32(41)5)36(9)31(4)23-38-17-13-12-14-18-38/h12-18,20-21,24,29,31,34,36,40-42,44-45H,3,5,8,10,19,22-23,25-28H2,1-2,4,6-7,9,11H3/b16-15+/t31-,34?,36?,40-,41?,42-/m1/s1. The number of allylic oxidation sites excluding steroid dienone is 3. The molecule has 1 heterocycles. The number of hydrogen-bond acceptors (Lipinski definition) is 3. The average molecular weight is 623 g/mol. The minimum Gasteiger partial charge on any atom is -0.496 e. The molecule has 2 aromatic rings. The third-order valence-electron chi connectivity index (χ3n) is 10.2. The van der Waals surface area contributed by atoms with Gasteiger partial charge in [-0.2, -0.15) is 0 Å². The number of methoxy groups -OCH3 is 1. The molecule has 0 amide bonds.